The number of nitrogens with one attached hydrogen (secondary N) is 1. The Bertz CT molecular complexity index is 319. The molecule has 90 valence electrons. The molecule has 2 atom stereocenters. The normalized spacial score (nSPS) is 25.6. The lowest BCUT2D eigenvalue weighted by atomic mass is 9.80. The number of rotatable bonds is 4. The minimum Gasteiger partial charge on any atom is -0.368 e. The van der Waals surface area contributed by atoms with Gasteiger partial charge in [0.25, 0.3) is 0 Å². The summed E-state index contributed by atoms with van der Waals surface area (Å²) in [6, 6.07) is 2.04. The molecule has 0 aliphatic heterocycles. The fourth-order valence-corrected chi connectivity index (χ4v) is 2.72. The van der Waals surface area contributed by atoms with Crippen LogP contribution in [0.5, 0.6) is 0 Å². The van der Waals surface area contributed by atoms with Crippen LogP contribution in [0.2, 0.25) is 0 Å². The van der Waals surface area contributed by atoms with Crippen molar-refractivity contribution >= 4 is 5.82 Å². The van der Waals surface area contributed by atoms with E-state index in [4.69, 9.17) is 0 Å². The summed E-state index contributed by atoms with van der Waals surface area (Å²) in [6.07, 6.45) is 8.97. The van der Waals surface area contributed by atoms with Gasteiger partial charge in [-0.05, 0) is 24.7 Å². The van der Waals surface area contributed by atoms with Crippen molar-refractivity contribution in [2.24, 2.45) is 18.9 Å². The van der Waals surface area contributed by atoms with Gasteiger partial charge in [-0.2, -0.15) is 5.10 Å². The van der Waals surface area contributed by atoms with Gasteiger partial charge in [-0.1, -0.05) is 26.2 Å². The molecule has 0 spiro atoms. The van der Waals surface area contributed by atoms with E-state index in [9.17, 15) is 0 Å². The fraction of sp³-hybridized carbons (Fsp3) is 0.769. The zero-order valence-corrected chi connectivity index (χ0v) is 10.4. The third-order valence-corrected chi connectivity index (χ3v) is 3.75. The Balaban J connectivity index is 1.77. The maximum Gasteiger partial charge on any atom is 0.147 e. The Hall–Kier alpha value is -0.990. The van der Waals surface area contributed by atoms with Gasteiger partial charge in [0.1, 0.15) is 5.82 Å². The van der Waals surface area contributed by atoms with Crippen molar-refractivity contribution in [3.05, 3.63) is 12.3 Å². The number of aromatic nitrogens is 2. The van der Waals surface area contributed by atoms with Crippen molar-refractivity contribution in [3.8, 4) is 0 Å². The van der Waals surface area contributed by atoms with Crippen molar-refractivity contribution < 1.29 is 0 Å². The molecule has 1 aliphatic carbocycles. The highest BCUT2D eigenvalue weighted by molar-refractivity contribution is 5.31. The molecule has 16 heavy (non-hydrogen) atoms. The van der Waals surface area contributed by atoms with Crippen LogP contribution >= 0.6 is 0 Å². The largest absolute Gasteiger partial charge is 0.368 e. The van der Waals surface area contributed by atoms with E-state index < -0.39 is 0 Å². The number of nitrogens with zero attached hydrogens (tertiary/aromatic N) is 2. The second kappa shape index (κ2) is 5.37. The maximum atomic E-state index is 4.34. The smallest absolute Gasteiger partial charge is 0.147 e. The standard InChI is InChI=1S/C13H23N3/c1-3-11-5-4-6-12(9-11)10-14-13-7-8-16(2)15-13/h7-8,11-12H,3-6,9-10H2,1-2H3,(H,14,15). The average molecular weight is 221 g/mol. The third kappa shape index (κ3) is 3.00. The van der Waals surface area contributed by atoms with Crippen LogP contribution in [-0.2, 0) is 7.05 Å². The van der Waals surface area contributed by atoms with Crippen molar-refractivity contribution in [2.45, 2.75) is 39.0 Å². The lowest BCUT2D eigenvalue weighted by molar-refractivity contribution is 0.270. The van der Waals surface area contributed by atoms with Gasteiger partial charge in [-0.25, -0.2) is 0 Å². The van der Waals surface area contributed by atoms with E-state index in [0.29, 0.717) is 0 Å². The summed E-state index contributed by atoms with van der Waals surface area (Å²) in [7, 11) is 1.96. The van der Waals surface area contributed by atoms with E-state index in [-0.39, 0.29) is 0 Å². The van der Waals surface area contributed by atoms with Crippen LogP contribution in [-0.4, -0.2) is 16.3 Å². The van der Waals surface area contributed by atoms with Crippen LogP contribution < -0.4 is 5.32 Å². The molecule has 1 N–H and O–H groups in total. The first-order valence-corrected chi connectivity index (χ1v) is 6.51. The molecule has 3 heteroatoms. The Kier molecular flexibility index (Phi) is 3.86. The van der Waals surface area contributed by atoms with Crippen molar-refractivity contribution in [1.29, 1.82) is 0 Å². The topological polar surface area (TPSA) is 29.9 Å². The molecule has 1 heterocycles. The summed E-state index contributed by atoms with van der Waals surface area (Å²) in [5, 5.41) is 7.79. The molecule has 1 aromatic heterocycles. The van der Waals surface area contributed by atoms with Crippen molar-refractivity contribution in [2.75, 3.05) is 11.9 Å². The molecule has 3 nitrogen and oxygen atoms in total. The number of anilines is 1. The summed E-state index contributed by atoms with van der Waals surface area (Å²) in [5.41, 5.74) is 0. The molecule has 0 amide bonds. The molecular formula is C13H23N3. The quantitative estimate of drug-likeness (QED) is 0.847. The molecule has 2 rings (SSSR count). The van der Waals surface area contributed by atoms with E-state index in [1.807, 2.05) is 24.0 Å². The lowest BCUT2D eigenvalue weighted by Gasteiger charge is -2.28. The van der Waals surface area contributed by atoms with Gasteiger partial charge in [0, 0.05) is 25.9 Å². The summed E-state index contributed by atoms with van der Waals surface area (Å²) < 4.78 is 1.85. The Morgan fingerprint density at radius 3 is 2.94 bits per heavy atom. The van der Waals surface area contributed by atoms with E-state index in [1.54, 1.807) is 0 Å². The van der Waals surface area contributed by atoms with Gasteiger partial charge < -0.3 is 5.32 Å². The van der Waals surface area contributed by atoms with Gasteiger partial charge in [-0.3, -0.25) is 4.68 Å². The minimum atomic E-state index is 0.848. The van der Waals surface area contributed by atoms with Crippen LogP contribution in [0.4, 0.5) is 5.82 Å². The van der Waals surface area contributed by atoms with Gasteiger partial charge in [0.15, 0.2) is 0 Å². The highest BCUT2D eigenvalue weighted by atomic mass is 15.3. The van der Waals surface area contributed by atoms with Crippen molar-refractivity contribution in [3.63, 3.8) is 0 Å². The number of hydrogen-bond acceptors (Lipinski definition) is 2. The molecule has 1 fully saturated rings. The zero-order chi connectivity index (χ0) is 11.4. The van der Waals surface area contributed by atoms with Crippen molar-refractivity contribution in [1.82, 2.24) is 9.78 Å². The Labute approximate surface area is 98.2 Å². The maximum absolute atomic E-state index is 4.34. The van der Waals surface area contributed by atoms with E-state index in [1.165, 1.54) is 32.1 Å². The fourth-order valence-electron chi connectivity index (χ4n) is 2.72. The summed E-state index contributed by atoms with van der Waals surface area (Å²) >= 11 is 0. The molecule has 1 saturated carbocycles. The van der Waals surface area contributed by atoms with Gasteiger partial charge in [0.05, 0.1) is 0 Å². The molecule has 0 aromatic carbocycles. The van der Waals surface area contributed by atoms with Crippen LogP contribution in [0, 0.1) is 11.8 Å². The van der Waals surface area contributed by atoms with E-state index in [0.717, 1.165) is 24.2 Å². The monoisotopic (exact) mass is 221 g/mol. The highest BCUT2D eigenvalue weighted by Crippen LogP contribution is 2.30. The first-order valence-electron chi connectivity index (χ1n) is 6.51. The second-order valence-electron chi connectivity index (χ2n) is 5.06. The third-order valence-electron chi connectivity index (χ3n) is 3.75. The molecule has 0 saturated heterocycles. The highest BCUT2D eigenvalue weighted by Gasteiger charge is 2.20. The van der Waals surface area contributed by atoms with Gasteiger partial charge >= 0.3 is 0 Å². The lowest BCUT2D eigenvalue weighted by Crippen LogP contribution is -2.22. The van der Waals surface area contributed by atoms with Crippen LogP contribution in [0.15, 0.2) is 12.3 Å². The summed E-state index contributed by atoms with van der Waals surface area (Å²) in [4.78, 5) is 0. The second-order valence-corrected chi connectivity index (χ2v) is 5.06. The molecule has 1 aromatic rings. The molecule has 0 bridgehead atoms. The van der Waals surface area contributed by atoms with Crippen LogP contribution in [0.3, 0.4) is 0 Å². The summed E-state index contributed by atoms with van der Waals surface area (Å²) in [5.74, 6) is 2.83. The first kappa shape index (κ1) is 11.5. The van der Waals surface area contributed by atoms with E-state index >= 15 is 0 Å². The predicted octanol–water partition coefficient (Wildman–Crippen LogP) is 3.05. The summed E-state index contributed by atoms with van der Waals surface area (Å²) in [6.45, 7) is 3.41. The minimum absolute atomic E-state index is 0.848. The average Bonchev–Trinajstić information content (AvgIpc) is 2.73. The number of hydrogen-bond donors (Lipinski definition) is 1. The Morgan fingerprint density at radius 1 is 1.44 bits per heavy atom. The van der Waals surface area contributed by atoms with Gasteiger partial charge in [-0.15, -0.1) is 0 Å². The number of aryl methyl sites for hydroxylation is 1. The SMILES string of the molecule is CCC1CCCC(CNc2ccn(C)n2)C1. The predicted molar refractivity (Wildman–Crippen MR) is 67.4 cm³/mol. The Morgan fingerprint density at radius 2 is 2.25 bits per heavy atom. The van der Waals surface area contributed by atoms with Gasteiger partial charge in [0.2, 0.25) is 0 Å². The zero-order valence-electron chi connectivity index (χ0n) is 10.4. The van der Waals surface area contributed by atoms with E-state index in [2.05, 4.69) is 17.3 Å². The van der Waals surface area contributed by atoms with Crippen LogP contribution in [0.1, 0.15) is 39.0 Å². The first-order chi connectivity index (χ1) is 7.78. The van der Waals surface area contributed by atoms with Crippen LogP contribution in [0.25, 0.3) is 0 Å². The molecule has 0 radical (unpaired) electrons. The molecular weight excluding hydrogens is 198 g/mol. The molecule has 2 unspecified atom stereocenters. The molecule has 1 aliphatic rings.